The van der Waals surface area contributed by atoms with Crippen molar-refractivity contribution in [2.45, 2.75) is 19.1 Å². The molecular weight excluding hydrogens is 433 g/mol. The minimum absolute atomic E-state index is 0.132. The molecule has 3 aromatic rings. The number of carbonyl (C=O) groups excluding carboxylic acids is 1. The van der Waals surface area contributed by atoms with Crippen LogP contribution in [0, 0.1) is 5.82 Å². The van der Waals surface area contributed by atoms with Gasteiger partial charge in [0.2, 0.25) is 0 Å². The number of hydrogen-bond donors (Lipinski definition) is 1. The molecule has 0 bridgehead atoms. The number of benzene rings is 2. The third kappa shape index (κ3) is 4.74. The van der Waals surface area contributed by atoms with E-state index in [0.717, 1.165) is 19.5 Å². The van der Waals surface area contributed by atoms with E-state index >= 15 is 0 Å². The topological polar surface area (TPSA) is 58.0 Å². The van der Waals surface area contributed by atoms with Crippen molar-refractivity contribution in [3.8, 4) is 5.75 Å². The molecule has 0 aliphatic carbocycles. The highest BCUT2D eigenvalue weighted by Gasteiger charge is 2.24. The molecule has 0 spiro atoms. The fourth-order valence-corrected chi connectivity index (χ4v) is 3.93. The van der Waals surface area contributed by atoms with Gasteiger partial charge in [-0.25, -0.2) is 4.39 Å². The quantitative estimate of drug-likeness (QED) is 0.556. The third-order valence-corrected chi connectivity index (χ3v) is 5.95. The van der Waals surface area contributed by atoms with Gasteiger partial charge in [-0.3, -0.25) is 4.79 Å². The van der Waals surface area contributed by atoms with Gasteiger partial charge >= 0.3 is 0 Å². The molecule has 0 saturated carbocycles. The number of rotatable bonds is 7. The van der Waals surface area contributed by atoms with E-state index in [9.17, 15) is 9.18 Å². The number of amides is 1. The summed E-state index contributed by atoms with van der Waals surface area (Å²) >= 11 is 6.08. The highest BCUT2D eigenvalue weighted by atomic mass is 35.5. The molecule has 1 amide bonds. The van der Waals surface area contributed by atoms with Crippen molar-refractivity contribution >= 4 is 28.9 Å². The van der Waals surface area contributed by atoms with Gasteiger partial charge in [-0.2, -0.15) is 0 Å². The number of halogens is 2. The van der Waals surface area contributed by atoms with Crippen LogP contribution in [0.5, 0.6) is 5.75 Å². The number of anilines is 2. The third-order valence-electron chi connectivity index (χ3n) is 5.64. The lowest BCUT2D eigenvalue weighted by Crippen LogP contribution is -2.30. The molecule has 6 nitrogen and oxygen atoms in total. The van der Waals surface area contributed by atoms with Crippen molar-refractivity contribution in [1.82, 2.24) is 5.32 Å². The maximum absolute atomic E-state index is 14.8. The van der Waals surface area contributed by atoms with Crippen LogP contribution in [-0.2, 0) is 6.61 Å². The molecule has 1 saturated heterocycles. The van der Waals surface area contributed by atoms with Crippen LogP contribution in [0.25, 0.3) is 0 Å². The lowest BCUT2D eigenvalue weighted by atomic mass is 10.2. The molecule has 1 aromatic heterocycles. The predicted octanol–water partition coefficient (Wildman–Crippen LogP) is 4.73. The summed E-state index contributed by atoms with van der Waals surface area (Å²) in [6, 6.07) is 15.6. The number of hydrogen-bond acceptors (Lipinski definition) is 5. The fourth-order valence-electron chi connectivity index (χ4n) is 3.74. The molecule has 1 N–H and O–H groups in total. The molecule has 0 radical (unpaired) electrons. The van der Waals surface area contributed by atoms with Crippen LogP contribution in [-0.4, -0.2) is 39.1 Å². The van der Waals surface area contributed by atoms with Gasteiger partial charge in [0.05, 0.1) is 10.7 Å². The maximum Gasteiger partial charge on any atom is 0.293 e. The number of likely N-dealkylation sites (N-methyl/N-ethyl adjacent to an activating group) is 1. The minimum atomic E-state index is -0.377. The molecule has 1 aliphatic rings. The number of nitrogens with one attached hydrogen (secondary N) is 1. The fraction of sp³-hybridized carbons (Fsp3) is 0.292. The zero-order chi connectivity index (χ0) is 22.7. The maximum atomic E-state index is 14.8. The molecule has 32 heavy (non-hydrogen) atoms. The number of carbonyl (C=O) groups is 1. The normalized spacial score (nSPS) is 15.8. The molecule has 8 heteroatoms. The second-order valence-electron chi connectivity index (χ2n) is 7.71. The van der Waals surface area contributed by atoms with Crippen molar-refractivity contribution in [3.63, 3.8) is 0 Å². The average Bonchev–Trinajstić information content (AvgIpc) is 3.47. The monoisotopic (exact) mass is 457 g/mol. The van der Waals surface area contributed by atoms with Gasteiger partial charge in [-0.1, -0.05) is 23.7 Å². The Morgan fingerprint density at radius 3 is 2.81 bits per heavy atom. The van der Waals surface area contributed by atoms with Gasteiger partial charge in [-0.05, 0) is 55.9 Å². The molecule has 1 atom stereocenters. The van der Waals surface area contributed by atoms with Crippen LogP contribution in [0.3, 0.4) is 0 Å². The minimum Gasteiger partial charge on any atom is -0.484 e. The van der Waals surface area contributed by atoms with Crippen LogP contribution in [0.2, 0.25) is 5.02 Å². The van der Waals surface area contributed by atoms with E-state index in [1.165, 1.54) is 11.0 Å². The first kappa shape index (κ1) is 22.2. The van der Waals surface area contributed by atoms with Crippen LogP contribution >= 0.6 is 11.6 Å². The number of ether oxygens (including phenoxy) is 1. The van der Waals surface area contributed by atoms with Crippen molar-refractivity contribution in [3.05, 3.63) is 77.0 Å². The van der Waals surface area contributed by atoms with Crippen LogP contribution in [0.15, 0.2) is 59.0 Å². The summed E-state index contributed by atoms with van der Waals surface area (Å²) in [5, 5.41) is 3.72. The molecular formula is C24H25ClFN3O3. The number of nitrogens with zero attached hydrogens (tertiary/aromatic N) is 2. The molecule has 1 unspecified atom stereocenters. The largest absolute Gasteiger partial charge is 0.484 e. The molecule has 2 aromatic carbocycles. The number of furan rings is 1. The highest BCUT2D eigenvalue weighted by Crippen LogP contribution is 2.28. The van der Waals surface area contributed by atoms with Crippen molar-refractivity contribution in [2.24, 2.45) is 0 Å². The summed E-state index contributed by atoms with van der Waals surface area (Å²) in [5.74, 6) is 0.428. The summed E-state index contributed by atoms with van der Waals surface area (Å²) < 4.78 is 26.1. The van der Waals surface area contributed by atoms with Crippen LogP contribution in [0.4, 0.5) is 15.8 Å². The molecule has 4 rings (SSSR count). The van der Waals surface area contributed by atoms with Gasteiger partial charge in [0, 0.05) is 31.9 Å². The van der Waals surface area contributed by atoms with Gasteiger partial charge in [0.15, 0.2) is 5.76 Å². The number of para-hydroxylation sites is 1. The zero-order valence-corrected chi connectivity index (χ0v) is 18.7. The Morgan fingerprint density at radius 1 is 1.28 bits per heavy atom. The molecule has 2 heterocycles. The first-order valence-corrected chi connectivity index (χ1v) is 10.8. The van der Waals surface area contributed by atoms with Crippen molar-refractivity contribution < 1.29 is 18.3 Å². The van der Waals surface area contributed by atoms with Gasteiger partial charge in [0.1, 0.15) is 23.9 Å². The standard InChI is InChI=1S/C24H25ClFN3O3/c1-27-16-11-12-29(14-16)21-9-7-17(13-20(21)26)28(2)24(30)23-10-8-18(32-23)15-31-22-6-4-3-5-19(22)25/h3-10,13,16,27H,11-12,14-15H2,1-2H3. The van der Waals surface area contributed by atoms with Crippen LogP contribution < -0.4 is 19.9 Å². The van der Waals surface area contributed by atoms with E-state index in [4.69, 9.17) is 20.8 Å². The lowest BCUT2D eigenvalue weighted by Gasteiger charge is -2.22. The second kappa shape index (κ2) is 9.63. The lowest BCUT2D eigenvalue weighted by molar-refractivity contribution is 0.0962. The molecule has 1 aliphatic heterocycles. The summed E-state index contributed by atoms with van der Waals surface area (Å²) in [5.41, 5.74) is 0.996. The Bertz CT molecular complexity index is 1100. The van der Waals surface area contributed by atoms with E-state index in [1.54, 1.807) is 43.4 Å². The van der Waals surface area contributed by atoms with Gasteiger partial charge in [0.25, 0.3) is 5.91 Å². The van der Waals surface area contributed by atoms with E-state index in [1.807, 2.05) is 24.1 Å². The Morgan fingerprint density at radius 2 is 2.09 bits per heavy atom. The van der Waals surface area contributed by atoms with E-state index < -0.39 is 0 Å². The summed E-state index contributed by atoms with van der Waals surface area (Å²) in [6.07, 6.45) is 0.969. The van der Waals surface area contributed by atoms with Crippen molar-refractivity contribution in [1.29, 1.82) is 0 Å². The van der Waals surface area contributed by atoms with Gasteiger partial charge in [-0.15, -0.1) is 0 Å². The Hall–Kier alpha value is -3.03. The summed E-state index contributed by atoms with van der Waals surface area (Å²) in [4.78, 5) is 16.2. The Labute approximate surface area is 191 Å². The average molecular weight is 458 g/mol. The first-order valence-electron chi connectivity index (χ1n) is 10.4. The second-order valence-corrected chi connectivity index (χ2v) is 8.11. The Balaban J connectivity index is 1.41. The van der Waals surface area contributed by atoms with Crippen molar-refractivity contribution in [2.75, 3.05) is 37.0 Å². The van der Waals surface area contributed by atoms with E-state index in [0.29, 0.717) is 33.9 Å². The van der Waals surface area contributed by atoms with E-state index in [-0.39, 0.29) is 24.1 Å². The SMILES string of the molecule is CNC1CCN(c2ccc(N(C)C(=O)c3ccc(COc4ccccc4Cl)o3)cc2F)C1. The van der Waals surface area contributed by atoms with Crippen LogP contribution in [0.1, 0.15) is 22.7 Å². The van der Waals surface area contributed by atoms with E-state index in [2.05, 4.69) is 5.32 Å². The summed E-state index contributed by atoms with van der Waals surface area (Å²) in [6.45, 7) is 1.68. The first-order chi connectivity index (χ1) is 15.5. The molecule has 1 fully saturated rings. The predicted molar refractivity (Wildman–Crippen MR) is 123 cm³/mol. The highest BCUT2D eigenvalue weighted by molar-refractivity contribution is 6.32. The molecule has 168 valence electrons. The Kier molecular flexibility index (Phi) is 6.67. The zero-order valence-electron chi connectivity index (χ0n) is 18.0. The smallest absolute Gasteiger partial charge is 0.293 e. The summed E-state index contributed by atoms with van der Waals surface area (Å²) in [7, 11) is 3.50. The van der Waals surface area contributed by atoms with Gasteiger partial charge < -0.3 is 24.3 Å².